The fourth-order valence-electron chi connectivity index (χ4n) is 2.60. The molecule has 0 aliphatic rings. The Kier molecular flexibility index (Phi) is 5.43. The Bertz CT molecular complexity index is 936. The molecule has 4 nitrogen and oxygen atoms in total. The number of ether oxygens (including phenoxy) is 2. The van der Waals surface area contributed by atoms with Crippen molar-refractivity contribution in [2.45, 2.75) is 13.8 Å². The number of methoxy groups -OCH3 is 1. The molecule has 3 rings (SSSR count). The van der Waals surface area contributed by atoms with Gasteiger partial charge in [0.25, 0.3) is 0 Å². The van der Waals surface area contributed by atoms with Crippen molar-refractivity contribution in [1.29, 1.82) is 0 Å². The number of nitrogens with zero attached hydrogens (tertiary/aromatic N) is 1. The van der Waals surface area contributed by atoms with Gasteiger partial charge < -0.3 is 9.47 Å². The summed E-state index contributed by atoms with van der Waals surface area (Å²) in [7, 11) is 1.62. The van der Waals surface area contributed by atoms with E-state index in [1.54, 1.807) is 25.3 Å². The molecule has 0 bridgehead atoms. The van der Waals surface area contributed by atoms with E-state index >= 15 is 0 Å². The van der Waals surface area contributed by atoms with Gasteiger partial charge in [-0.05, 0) is 54.4 Å². The first-order valence-corrected chi connectivity index (χ1v) is 8.77. The molecule has 0 aliphatic heterocycles. The molecule has 26 heavy (non-hydrogen) atoms. The highest BCUT2D eigenvalue weighted by Gasteiger charge is 2.16. The molecule has 0 atom stereocenters. The maximum Gasteiger partial charge on any atom is 0.338 e. The second kappa shape index (κ2) is 7.75. The number of benzene rings is 2. The smallest absolute Gasteiger partial charge is 0.338 e. The van der Waals surface area contributed by atoms with Crippen molar-refractivity contribution in [2.75, 3.05) is 13.7 Å². The van der Waals surface area contributed by atoms with Gasteiger partial charge in [-0.15, -0.1) is 0 Å². The van der Waals surface area contributed by atoms with Crippen LogP contribution in [-0.4, -0.2) is 24.7 Å². The van der Waals surface area contributed by atoms with Crippen LogP contribution in [0.2, 0.25) is 5.02 Å². The molecule has 5 heteroatoms. The molecule has 134 valence electrons. The van der Waals surface area contributed by atoms with Gasteiger partial charge in [0.1, 0.15) is 5.75 Å². The number of halogens is 1. The minimum absolute atomic E-state index is 0.261. The first kappa shape index (κ1) is 18.2. The number of carbonyl (C=O) groups is 1. The van der Waals surface area contributed by atoms with Crippen LogP contribution >= 0.6 is 11.6 Å². The third-order valence-corrected chi connectivity index (χ3v) is 4.16. The normalized spacial score (nSPS) is 11.0. The highest BCUT2D eigenvalue weighted by molar-refractivity contribution is 6.31. The average Bonchev–Trinajstić information content (AvgIpc) is 2.65. The summed E-state index contributed by atoms with van der Waals surface area (Å²) < 4.78 is 10.6. The van der Waals surface area contributed by atoms with Crippen LogP contribution in [0.3, 0.4) is 0 Å². The van der Waals surface area contributed by atoms with Gasteiger partial charge in [-0.1, -0.05) is 25.4 Å². The molecule has 0 radical (unpaired) electrons. The first-order valence-electron chi connectivity index (χ1n) is 8.40. The number of fused-ring (bicyclic) bond motifs is 1. The zero-order valence-electron chi connectivity index (χ0n) is 15.0. The first-order chi connectivity index (χ1) is 12.5. The Morgan fingerprint density at radius 1 is 1.12 bits per heavy atom. The van der Waals surface area contributed by atoms with Gasteiger partial charge in [0, 0.05) is 16.0 Å². The van der Waals surface area contributed by atoms with Crippen molar-refractivity contribution >= 4 is 28.5 Å². The molecule has 0 unspecified atom stereocenters. The summed E-state index contributed by atoms with van der Waals surface area (Å²) in [6.45, 7) is 4.36. The summed E-state index contributed by atoms with van der Waals surface area (Å²) in [4.78, 5) is 17.3. The lowest BCUT2D eigenvalue weighted by atomic mass is 10.0. The molecule has 0 saturated carbocycles. The lowest BCUT2D eigenvalue weighted by molar-refractivity contribution is 0.0461. The number of carbonyl (C=O) groups excluding carboxylic acids is 1. The molecule has 0 spiro atoms. The van der Waals surface area contributed by atoms with Crippen LogP contribution in [0.25, 0.3) is 22.2 Å². The maximum absolute atomic E-state index is 12.6. The molecule has 0 amide bonds. The van der Waals surface area contributed by atoms with E-state index < -0.39 is 0 Å². The van der Waals surface area contributed by atoms with E-state index in [9.17, 15) is 4.79 Å². The fourth-order valence-corrected chi connectivity index (χ4v) is 2.77. The third-order valence-electron chi connectivity index (χ3n) is 3.92. The predicted molar refractivity (Wildman–Crippen MR) is 104 cm³/mol. The van der Waals surface area contributed by atoms with Gasteiger partial charge in [0.2, 0.25) is 0 Å². The summed E-state index contributed by atoms with van der Waals surface area (Å²) in [6, 6.07) is 14.6. The van der Waals surface area contributed by atoms with Crippen molar-refractivity contribution in [3.05, 3.63) is 59.1 Å². The number of rotatable bonds is 5. The van der Waals surface area contributed by atoms with Crippen LogP contribution in [0.1, 0.15) is 24.2 Å². The van der Waals surface area contributed by atoms with E-state index in [0.717, 1.165) is 11.3 Å². The highest BCUT2D eigenvalue weighted by Crippen LogP contribution is 2.28. The number of esters is 1. The van der Waals surface area contributed by atoms with Gasteiger partial charge in [-0.3, -0.25) is 0 Å². The lowest BCUT2D eigenvalue weighted by Gasteiger charge is -2.12. The predicted octanol–water partition coefficient (Wildman–Crippen LogP) is 5.38. The van der Waals surface area contributed by atoms with Gasteiger partial charge >= 0.3 is 5.97 Å². The highest BCUT2D eigenvalue weighted by atomic mass is 35.5. The van der Waals surface area contributed by atoms with Crippen LogP contribution < -0.4 is 4.74 Å². The Hall–Kier alpha value is -2.59. The molecular formula is C21H20ClNO3. The van der Waals surface area contributed by atoms with Gasteiger partial charge in [0.05, 0.1) is 30.5 Å². The lowest BCUT2D eigenvalue weighted by Crippen LogP contribution is -2.11. The molecule has 0 fully saturated rings. The van der Waals surface area contributed by atoms with Crippen LogP contribution in [0.5, 0.6) is 5.75 Å². The quantitative estimate of drug-likeness (QED) is 0.567. The average molecular weight is 370 g/mol. The molecule has 1 aromatic heterocycles. The summed E-state index contributed by atoms with van der Waals surface area (Å²) in [5.41, 5.74) is 2.74. The van der Waals surface area contributed by atoms with Gasteiger partial charge in [0.15, 0.2) is 0 Å². The monoisotopic (exact) mass is 369 g/mol. The van der Waals surface area contributed by atoms with Crippen LogP contribution in [-0.2, 0) is 4.74 Å². The SMILES string of the molecule is COc1ccc(-c2cc(C(=O)OCC(C)C)c3cc(Cl)ccc3n2)cc1. The largest absolute Gasteiger partial charge is 0.497 e. The molecule has 0 N–H and O–H groups in total. The number of pyridine rings is 1. The van der Waals surface area contributed by atoms with Gasteiger partial charge in [-0.25, -0.2) is 9.78 Å². The molecule has 0 aliphatic carbocycles. The second-order valence-corrected chi connectivity index (χ2v) is 6.87. The molecular weight excluding hydrogens is 350 g/mol. The van der Waals surface area contributed by atoms with E-state index in [4.69, 9.17) is 21.1 Å². The zero-order chi connectivity index (χ0) is 18.7. The summed E-state index contributed by atoms with van der Waals surface area (Å²) in [6.07, 6.45) is 0. The number of hydrogen-bond donors (Lipinski definition) is 0. The van der Waals surface area contributed by atoms with Gasteiger partial charge in [-0.2, -0.15) is 0 Å². The topological polar surface area (TPSA) is 48.4 Å². The minimum Gasteiger partial charge on any atom is -0.497 e. The Morgan fingerprint density at radius 3 is 2.50 bits per heavy atom. The fraction of sp³-hybridized carbons (Fsp3) is 0.238. The second-order valence-electron chi connectivity index (χ2n) is 6.44. The maximum atomic E-state index is 12.6. The zero-order valence-corrected chi connectivity index (χ0v) is 15.7. The summed E-state index contributed by atoms with van der Waals surface area (Å²) in [5.74, 6) is 0.651. The standard InChI is InChI=1S/C21H20ClNO3/c1-13(2)12-26-21(24)18-11-20(14-4-7-16(25-3)8-5-14)23-19-9-6-15(22)10-17(18)19/h4-11,13H,12H2,1-3H3. The molecule has 0 saturated heterocycles. The minimum atomic E-state index is -0.372. The molecule has 1 heterocycles. The van der Waals surface area contributed by atoms with Crippen molar-refractivity contribution in [1.82, 2.24) is 4.98 Å². The van der Waals surface area contributed by atoms with E-state index in [1.165, 1.54) is 0 Å². The Labute approximate surface area is 157 Å². The van der Waals surface area contributed by atoms with Crippen molar-refractivity contribution in [3.63, 3.8) is 0 Å². The van der Waals surface area contributed by atoms with Crippen molar-refractivity contribution in [3.8, 4) is 17.0 Å². The molecule has 3 aromatic rings. The van der Waals surface area contributed by atoms with Crippen molar-refractivity contribution in [2.24, 2.45) is 5.92 Å². The van der Waals surface area contributed by atoms with E-state index in [2.05, 4.69) is 4.98 Å². The van der Waals surface area contributed by atoms with Crippen LogP contribution in [0, 0.1) is 5.92 Å². The van der Waals surface area contributed by atoms with E-state index in [-0.39, 0.29) is 11.9 Å². The summed E-state index contributed by atoms with van der Waals surface area (Å²) in [5, 5.41) is 1.23. The van der Waals surface area contributed by atoms with E-state index in [1.807, 2.05) is 44.2 Å². The Balaban J connectivity index is 2.10. The van der Waals surface area contributed by atoms with E-state index in [0.29, 0.717) is 33.8 Å². The third kappa shape index (κ3) is 3.97. The van der Waals surface area contributed by atoms with Crippen LogP contribution in [0.4, 0.5) is 0 Å². The summed E-state index contributed by atoms with van der Waals surface area (Å²) >= 11 is 6.12. The number of hydrogen-bond acceptors (Lipinski definition) is 4. The van der Waals surface area contributed by atoms with Crippen LogP contribution in [0.15, 0.2) is 48.5 Å². The van der Waals surface area contributed by atoms with Crippen molar-refractivity contribution < 1.29 is 14.3 Å². The Morgan fingerprint density at radius 2 is 1.85 bits per heavy atom. The molecule has 2 aromatic carbocycles. The number of aromatic nitrogens is 1.